The molecule has 2 aromatic rings. The van der Waals surface area contributed by atoms with Gasteiger partial charge in [0, 0.05) is 15.6 Å². The maximum absolute atomic E-state index is 8.83. The lowest BCUT2D eigenvalue weighted by atomic mass is 9.89. The summed E-state index contributed by atoms with van der Waals surface area (Å²) >= 11 is 3.49. The third-order valence-electron chi connectivity index (χ3n) is 3.82. The summed E-state index contributed by atoms with van der Waals surface area (Å²) in [6.07, 6.45) is 7.03. The number of nitrogens with zero attached hydrogens (tertiary/aromatic N) is 3. The summed E-state index contributed by atoms with van der Waals surface area (Å²) in [4.78, 5) is 8.65. The summed E-state index contributed by atoms with van der Waals surface area (Å²) < 4.78 is 1.00. The zero-order valence-corrected chi connectivity index (χ0v) is 13.8. The van der Waals surface area contributed by atoms with Crippen molar-refractivity contribution in [2.45, 2.75) is 19.8 Å². The van der Waals surface area contributed by atoms with E-state index in [1.165, 1.54) is 5.57 Å². The van der Waals surface area contributed by atoms with Crippen LogP contribution in [0.15, 0.2) is 52.4 Å². The number of nitrogens with one attached hydrogen (secondary N) is 1. The van der Waals surface area contributed by atoms with E-state index >= 15 is 0 Å². The minimum absolute atomic E-state index is 0.368. The van der Waals surface area contributed by atoms with Gasteiger partial charge in [0.2, 0.25) is 0 Å². The van der Waals surface area contributed by atoms with Crippen molar-refractivity contribution >= 4 is 32.7 Å². The van der Waals surface area contributed by atoms with Crippen molar-refractivity contribution in [3.8, 4) is 6.07 Å². The Labute approximate surface area is 137 Å². The van der Waals surface area contributed by atoms with Gasteiger partial charge in [0.25, 0.3) is 0 Å². The van der Waals surface area contributed by atoms with Crippen molar-refractivity contribution in [3.05, 3.63) is 52.4 Å². The number of aromatic nitrogens is 2. The van der Waals surface area contributed by atoms with Crippen molar-refractivity contribution in [1.29, 1.82) is 5.26 Å². The zero-order valence-electron chi connectivity index (χ0n) is 12.2. The van der Waals surface area contributed by atoms with E-state index in [1.54, 1.807) is 6.33 Å². The number of halogens is 1. The lowest BCUT2D eigenvalue weighted by molar-refractivity contribution is 0.651. The van der Waals surface area contributed by atoms with Gasteiger partial charge < -0.3 is 5.32 Å². The molecule has 0 fully saturated rings. The molecule has 0 bridgehead atoms. The maximum Gasteiger partial charge on any atom is 0.141 e. The number of fused-ring (bicyclic) bond motifs is 1. The van der Waals surface area contributed by atoms with Gasteiger partial charge in [0.15, 0.2) is 0 Å². The minimum Gasteiger partial charge on any atom is -0.343 e. The molecule has 1 N–H and O–H groups in total. The summed E-state index contributed by atoms with van der Waals surface area (Å²) in [5.41, 5.74) is 3.20. The Bertz CT molecular complexity index is 817. The molecule has 0 spiro atoms. The monoisotopic (exact) mass is 354 g/mol. The van der Waals surface area contributed by atoms with E-state index in [4.69, 9.17) is 5.26 Å². The Morgan fingerprint density at radius 1 is 1.36 bits per heavy atom. The Hall–Kier alpha value is -2.19. The molecular formula is C17H15BrN4. The molecule has 1 aromatic carbocycles. The summed E-state index contributed by atoms with van der Waals surface area (Å²) in [7, 11) is 0. The van der Waals surface area contributed by atoms with Crippen LogP contribution in [0.1, 0.15) is 19.8 Å². The molecule has 3 rings (SSSR count). The summed E-state index contributed by atoms with van der Waals surface area (Å²) in [6, 6.07) is 8.17. The zero-order chi connectivity index (χ0) is 15.5. The number of rotatable bonds is 3. The van der Waals surface area contributed by atoms with E-state index < -0.39 is 0 Å². The second-order valence-electron chi connectivity index (χ2n) is 5.38. The fourth-order valence-electron chi connectivity index (χ4n) is 2.60. The van der Waals surface area contributed by atoms with Gasteiger partial charge in [0.05, 0.1) is 18.0 Å². The molecule has 0 saturated carbocycles. The third-order valence-corrected chi connectivity index (χ3v) is 4.31. The lowest BCUT2D eigenvalue weighted by Gasteiger charge is -2.21. The van der Waals surface area contributed by atoms with Gasteiger partial charge in [0.1, 0.15) is 12.1 Å². The van der Waals surface area contributed by atoms with Gasteiger partial charge in [-0.3, -0.25) is 0 Å². The van der Waals surface area contributed by atoms with Gasteiger partial charge in [-0.25, -0.2) is 9.97 Å². The fourth-order valence-corrected chi connectivity index (χ4v) is 2.96. The summed E-state index contributed by atoms with van der Waals surface area (Å²) in [5.74, 6) is 1.17. The van der Waals surface area contributed by atoms with Gasteiger partial charge in [-0.2, -0.15) is 5.26 Å². The Morgan fingerprint density at radius 2 is 2.23 bits per heavy atom. The standard InChI is InChI=1S/C17H15BrN4/c1-11-8-14(4-2-12(11)6-7-19)22-17-15-9-13(18)3-5-16(15)20-10-21-17/h2-5,9-11H,6,8H2,1H3,(H,20,21,22). The van der Waals surface area contributed by atoms with Crippen LogP contribution in [0, 0.1) is 17.2 Å². The van der Waals surface area contributed by atoms with Crippen LogP contribution < -0.4 is 5.32 Å². The smallest absolute Gasteiger partial charge is 0.141 e. The SMILES string of the molecule is CC1CC(Nc2ncnc3ccc(Br)cc23)=CC=C1CC#N. The first kappa shape index (κ1) is 14.7. The molecule has 5 heteroatoms. The predicted molar refractivity (Wildman–Crippen MR) is 91.0 cm³/mol. The topological polar surface area (TPSA) is 61.6 Å². The highest BCUT2D eigenvalue weighted by molar-refractivity contribution is 9.10. The molecule has 1 aliphatic rings. The molecular weight excluding hydrogens is 340 g/mol. The average molecular weight is 355 g/mol. The molecule has 1 aromatic heterocycles. The molecule has 0 saturated heterocycles. The molecule has 110 valence electrons. The van der Waals surface area contributed by atoms with E-state index in [2.05, 4.69) is 44.2 Å². The van der Waals surface area contributed by atoms with Crippen LogP contribution in [-0.2, 0) is 0 Å². The van der Waals surface area contributed by atoms with Gasteiger partial charge in [-0.1, -0.05) is 34.5 Å². The van der Waals surface area contributed by atoms with E-state index in [0.29, 0.717) is 12.3 Å². The summed E-state index contributed by atoms with van der Waals surface area (Å²) in [5, 5.41) is 13.2. The maximum atomic E-state index is 8.83. The highest BCUT2D eigenvalue weighted by Crippen LogP contribution is 2.29. The Morgan fingerprint density at radius 3 is 3.00 bits per heavy atom. The number of anilines is 1. The van der Waals surface area contributed by atoms with Crippen molar-refractivity contribution in [1.82, 2.24) is 9.97 Å². The van der Waals surface area contributed by atoms with Crippen LogP contribution >= 0.6 is 15.9 Å². The fraction of sp³-hybridized carbons (Fsp3) is 0.235. The predicted octanol–water partition coefficient (Wildman–Crippen LogP) is 4.57. The first-order chi connectivity index (χ1) is 10.7. The highest BCUT2D eigenvalue weighted by atomic mass is 79.9. The molecule has 1 heterocycles. The molecule has 0 aliphatic heterocycles. The number of hydrogen-bond donors (Lipinski definition) is 1. The van der Waals surface area contributed by atoms with Crippen molar-refractivity contribution < 1.29 is 0 Å². The van der Waals surface area contributed by atoms with Crippen LogP contribution in [0.2, 0.25) is 0 Å². The van der Waals surface area contributed by atoms with Gasteiger partial charge in [-0.05, 0) is 36.6 Å². The van der Waals surface area contributed by atoms with Crippen LogP contribution in [0.25, 0.3) is 10.9 Å². The minimum atomic E-state index is 0.368. The molecule has 22 heavy (non-hydrogen) atoms. The quantitative estimate of drug-likeness (QED) is 0.876. The first-order valence-electron chi connectivity index (χ1n) is 7.11. The van der Waals surface area contributed by atoms with Crippen LogP contribution in [0.3, 0.4) is 0 Å². The molecule has 0 radical (unpaired) electrons. The normalized spacial score (nSPS) is 17.6. The summed E-state index contributed by atoms with van der Waals surface area (Å²) in [6.45, 7) is 2.15. The molecule has 1 aliphatic carbocycles. The van der Waals surface area contributed by atoms with Gasteiger partial charge >= 0.3 is 0 Å². The number of nitriles is 1. The molecule has 1 atom stereocenters. The largest absolute Gasteiger partial charge is 0.343 e. The van der Waals surface area contributed by atoms with E-state index in [0.717, 1.165) is 33.3 Å². The van der Waals surface area contributed by atoms with Gasteiger partial charge in [-0.15, -0.1) is 0 Å². The second-order valence-corrected chi connectivity index (χ2v) is 6.30. The van der Waals surface area contributed by atoms with E-state index in [-0.39, 0.29) is 0 Å². The Balaban J connectivity index is 1.91. The second kappa shape index (κ2) is 6.29. The number of benzene rings is 1. The van der Waals surface area contributed by atoms with Crippen LogP contribution in [0.4, 0.5) is 5.82 Å². The molecule has 4 nitrogen and oxygen atoms in total. The van der Waals surface area contributed by atoms with Crippen molar-refractivity contribution in [2.24, 2.45) is 5.92 Å². The van der Waals surface area contributed by atoms with Crippen LogP contribution in [0.5, 0.6) is 0 Å². The Kier molecular flexibility index (Phi) is 4.21. The van der Waals surface area contributed by atoms with Crippen molar-refractivity contribution in [2.75, 3.05) is 5.32 Å². The number of hydrogen-bond acceptors (Lipinski definition) is 4. The first-order valence-corrected chi connectivity index (χ1v) is 7.90. The third kappa shape index (κ3) is 3.02. The molecule has 1 unspecified atom stereocenters. The van der Waals surface area contributed by atoms with E-state index in [1.807, 2.05) is 30.4 Å². The van der Waals surface area contributed by atoms with Crippen LogP contribution in [-0.4, -0.2) is 9.97 Å². The lowest BCUT2D eigenvalue weighted by Crippen LogP contribution is -2.11. The van der Waals surface area contributed by atoms with Crippen molar-refractivity contribution in [3.63, 3.8) is 0 Å². The average Bonchev–Trinajstić information content (AvgIpc) is 2.51. The molecule has 0 amide bonds. The highest BCUT2D eigenvalue weighted by Gasteiger charge is 2.16. The number of allylic oxidation sites excluding steroid dienone is 4. The van der Waals surface area contributed by atoms with E-state index in [9.17, 15) is 0 Å².